The molecule has 2 fully saturated rings. The Hall–Kier alpha value is -3.14. The highest BCUT2D eigenvalue weighted by molar-refractivity contribution is 5.98. The van der Waals surface area contributed by atoms with Crippen LogP contribution in [0.4, 0.5) is 18.9 Å². The average molecular weight is 492 g/mol. The lowest BCUT2D eigenvalue weighted by Gasteiger charge is -2.32. The number of rotatable bonds is 5. The van der Waals surface area contributed by atoms with E-state index in [1.54, 1.807) is 6.92 Å². The highest BCUT2D eigenvalue weighted by atomic mass is 19.4. The van der Waals surface area contributed by atoms with Crippen LogP contribution in [0.25, 0.3) is 11.3 Å². The predicted octanol–water partition coefficient (Wildman–Crippen LogP) is 3.67. The van der Waals surface area contributed by atoms with Crippen molar-refractivity contribution in [2.24, 2.45) is 11.8 Å². The summed E-state index contributed by atoms with van der Waals surface area (Å²) >= 11 is 0. The topological polar surface area (TPSA) is 91.5 Å². The van der Waals surface area contributed by atoms with E-state index in [9.17, 15) is 27.6 Å². The lowest BCUT2D eigenvalue weighted by Crippen LogP contribution is -2.40. The van der Waals surface area contributed by atoms with Gasteiger partial charge in [0.05, 0.1) is 5.69 Å². The van der Waals surface area contributed by atoms with Crippen molar-refractivity contribution in [1.29, 1.82) is 0 Å². The number of esters is 2. The molecule has 7 nitrogen and oxygen atoms in total. The van der Waals surface area contributed by atoms with Crippen LogP contribution in [-0.4, -0.2) is 49.3 Å². The van der Waals surface area contributed by atoms with Gasteiger partial charge in [0.25, 0.3) is 5.56 Å². The van der Waals surface area contributed by atoms with Gasteiger partial charge in [-0.1, -0.05) is 25.5 Å². The molecule has 1 saturated heterocycles. The van der Waals surface area contributed by atoms with E-state index in [-0.39, 0.29) is 0 Å². The Morgan fingerprint density at radius 3 is 2.51 bits per heavy atom. The van der Waals surface area contributed by atoms with Gasteiger partial charge in [0.1, 0.15) is 5.56 Å². The fourth-order valence-electron chi connectivity index (χ4n) is 5.34. The van der Waals surface area contributed by atoms with Crippen molar-refractivity contribution in [3.63, 3.8) is 0 Å². The summed E-state index contributed by atoms with van der Waals surface area (Å²) in [5, 5.41) is 3.46. The van der Waals surface area contributed by atoms with Gasteiger partial charge in [-0.2, -0.15) is 13.2 Å². The maximum absolute atomic E-state index is 12.5. The second-order valence-corrected chi connectivity index (χ2v) is 9.14. The van der Waals surface area contributed by atoms with Gasteiger partial charge < -0.3 is 19.9 Å². The second-order valence-electron chi connectivity index (χ2n) is 9.14. The first-order chi connectivity index (χ1) is 16.6. The van der Waals surface area contributed by atoms with Crippen molar-refractivity contribution < 1.29 is 27.5 Å². The molecule has 1 saturated carbocycles. The summed E-state index contributed by atoms with van der Waals surface area (Å²) in [5.41, 5.74) is 1.21. The van der Waals surface area contributed by atoms with E-state index in [4.69, 9.17) is 0 Å². The van der Waals surface area contributed by atoms with Crippen molar-refractivity contribution in [3.05, 3.63) is 51.8 Å². The van der Waals surface area contributed by atoms with Gasteiger partial charge in [-0.15, -0.1) is 0 Å². The number of ether oxygens (including phenoxy) is 1. The summed E-state index contributed by atoms with van der Waals surface area (Å²) in [5.74, 6) is -3.02. The number of hydrogen-bond acceptors (Lipinski definition) is 6. The molecule has 2 aromatic rings. The van der Waals surface area contributed by atoms with Crippen LogP contribution in [0.1, 0.15) is 42.1 Å². The number of hydrogen-bond donors (Lipinski definition) is 2. The van der Waals surface area contributed by atoms with Crippen LogP contribution in [0.3, 0.4) is 0 Å². The molecular weight excluding hydrogens is 463 g/mol. The quantitative estimate of drug-likeness (QED) is 0.490. The van der Waals surface area contributed by atoms with Crippen molar-refractivity contribution in [2.45, 2.75) is 44.8 Å². The van der Waals surface area contributed by atoms with Crippen LogP contribution >= 0.6 is 0 Å². The zero-order valence-corrected chi connectivity index (χ0v) is 19.6. The number of anilines is 1. The van der Waals surface area contributed by atoms with Crippen LogP contribution in [0, 0.1) is 11.8 Å². The molecule has 1 aliphatic heterocycles. The van der Waals surface area contributed by atoms with E-state index in [1.807, 2.05) is 31.3 Å². The van der Waals surface area contributed by atoms with Gasteiger partial charge in [0.2, 0.25) is 0 Å². The third kappa shape index (κ3) is 5.12. The van der Waals surface area contributed by atoms with E-state index in [0.29, 0.717) is 41.1 Å². The molecule has 0 bridgehead atoms. The molecule has 1 aromatic carbocycles. The highest BCUT2D eigenvalue weighted by Crippen LogP contribution is 2.38. The number of alkyl halides is 3. The van der Waals surface area contributed by atoms with E-state index >= 15 is 0 Å². The number of pyridine rings is 1. The molecule has 4 rings (SSSR count). The second kappa shape index (κ2) is 9.85. The predicted molar refractivity (Wildman–Crippen MR) is 124 cm³/mol. The third-order valence-electron chi connectivity index (χ3n) is 7.13. The number of H-pyrrole nitrogens is 1. The summed E-state index contributed by atoms with van der Waals surface area (Å²) in [6.45, 7) is 3.78. The molecule has 3 atom stereocenters. The van der Waals surface area contributed by atoms with Crippen LogP contribution < -0.4 is 15.8 Å². The minimum absolute atomic E-state index is 0.391. The Bertz CT molecular complexity index is 1160. The number of fused-ring (bicyclic) bond motifs is 1. The van der Waals surface area contributed by atoms with Gasteiger partial charge in [0.15, 0.2) is 0 Å². The number of nitrogens with zero attached hydrogens (tertiary/aromatic N) is 1. The number of aromatic amines is 1. The molecule has 10 heteroatoms. The van der Waals surface area contributed by atoms with Crippen molar-refractivity contribution in [3.8, 4) is 11.3 Å². The van der Waals surface area contributed by atoms with Crippen molar-refractivity contribution >= 4 is 17.6 Å². The number of aryl methyl sites for hydroxylation is 1. The van der Waals surface area contributed by atoms with Crippen molar-refractivity contribution in [1.82, 2.24) is 10.3 Å². The molecular formula is C25H28F3N3O4. The zero-order valence-electron chi connectivity index (χ0n) is 19.6. The van der Waals surface area contributed by atoms with Crippen LogP contribution in [0.2, 0.25) is 0 Å². The molecule has 2 N–H and O–H groups in total. The summed E-state index contributed by atoms with van der Waals surface area (Å²) < 4.78 is 41.0. The molecule has 1 aliphatic carbocycles. The van der Waals surface area contributed by atoms with Gasteiger partial charge >= 0.3 is 18.1 Å². The number of benzene rings is 1. The minimum Gasteiger partial charge on any atom is -0.382 e. The lowest BCUT2D eigenvalue weighted by atomic mass is 9.78. The first kappa shape index (κ1) is 25.0. The van der Waals surface area contributed by atoms with Crippen LogP contribution in [-0.2, 0) is 16.0 Å². The third-order valence-corrected chi connectivity index (χ3v) is 7.13. The molecule has 0 amide bonds. The zero-order chi connectivity index (χ0) is 25.3. The molecule has 0 spiro atoms. The normalized spacial score (nSPS) is 22.1. The number of carbonyl (C=O) groups is 2. The number of nitrogens with one attached hydrogen (secondary N) is 2. The minimum atomic E-state index is -5.33. The van der Waals surface area contributed by atoms with Gasteiger partial charge in [-0.3, -0.25) is 4.79 Å². The monoisotopic (exact) mass is 491 g/mol. The van der Waals surface area contributed by atoms with E-state index in [0.717, 1.165) is 18.8 Å². The molecule has 2 heterocycles. The van der Waals surface area contributed by atoms with Crippen LogP contribution in [0.15, 0.2) is 35.1 Å². The average Bonchev–Trinajstić information content (AvgIpc) is 3.28. The molecule has 35 heavy (non-hydrogen) atoms. The summed E-state index contributed by atoms with van der Waals surface area (Å²) in [4.78, 5) is 40.4. The number of aromatic nitrogens is 1. The maximum Gasteiger partial charge on any atom is 0.491 e. The smallest absolute Gasteiger partial charge is 0.382 e. The first-order valence-electron chi connectivity index (χ1n) is 11.7. The fourth-order valence-corrected chi connectivity index (χ4v) is 5.34. The number of carbonyl (C=O) groups excluding carboxylic acids is 2. The van der Waals surface area contributed by atoms with Crippen molar-refractivity contribution in [2.75, 3.05) is 25.0 Å². The lowest BCUT2D eigenvalue weighted by molar-refractivity contribution is -0.193. The Morgan fingerprint density at radius 1 is 1.17 bits per heavy atom. The van der Waals surface area contributed by atoms with Gasteiger partial charge in [-0.25, -0.2) is 9.59 Å². The Morgan fingerprint density at radius 2 is 1.89 bits per heavy atom. The first-order valence-corrected chi connectivity index (χ1v) is 11.7. The molecule has 0 radical (unpaired) electrons. The Labute approximate surface area is 200 Å². The molecule has 1 aromatic heterocycles. The molecule has 188 valence electrons. The molecule has 0 unspecified atom stereocenters. The maximum atomic E-state index is 12.5. The highest BCUT2D eigenvalue weighted by Gasteiger charge is 2.43. The summed E-state index contributed by atoms with van der Waals surface area (Å²) in [7, 11) is 2.02. The van der Waals surface area contributed by atoms with E-state index in [2.05, 4.69) is 19.9 Å². The SMILES string of the molecule is CCc1cc(C(=O)OC(=O)C(F)(F)F)c(=O)[nH]c1-c1ccc(N2C[C@H]3CCC[C@@H](NC)[C@H]3C2)cc1. The van der Waals surface area contributed by atoms with Crippen LogP contribution in [0.5, 0.6) is 0 Å². The van der Waals surface area contributed by atoms with E-state index < -0.39 is 29.2 Å². The Kier molecular flexibility index (Phi) is 7.02. The largest absolute Gasteiger partial charge is 0.491 e. The Balaban J connectivity index is 1.54. The molecule has 2 aliphatic rings. The summed E-state index contributed by atoms with van der Waals surface area (Å²) in [6.07, 6.45) is -1.27. The number of halogens is 3. The standard InChI is InChI=1S/C25H28F3N3O4/c1-3-14-11-18(23(33)35-24(34)25(26,27)28)22(32)30-21(14)15-7-9-17(10-8-15)31-12-16-5-4-6-20(29-2)19(16)13-31/h7-11,16,19-20,29H,3-6,12-13H2,1-2H3,(H,30,32)/t16-,19+,20-/m1/s1. The summed E-state index contributed by atoms with van der Waals surface area (Å²) in [6, 6.07) is 9.44. The fraction of sp³-hybridized carbons (Fsp3) is 0.480. The van der Waals surface area contributed by atoms with Gasteiger partial charge in [0, 0.05) is 24.8 Å². The van der Waals surface area contributed by atoms with Gasteiger partial charge in [-0.05, 0) is 67.5 Å². The van der Waals surface area contributed by atoms with E-state index in [1.165, 1.54) is 25.3 Å².